The maximum atomic E-state index is 10.7. The highest BCUT2D eigenvalue weighted by molar-refractivity contribution is 7.21. The van der Waals surface area contributed by atoms with Crippen LogP contribution in [0.15, 0.2) is 12.4 Å². The molecule has 0 radical (unpaired) electrons. The first kappa shape index (κ1) is 12.7. The van der Waals surface area contributed by atoms with E-state index in [-0.39, 0.29) is 5.00 Å². The molecule has 2 aromatic heterocycles. The van der Waals surface area contributed by atoms with Gasteiger partial charge < -0.3 is 10.6 Å². The summed E-state index contributed by atoms with van der Waals surface area (Å²) in [7, 11) is 0. The highest BCUT2D eigenvalue weighted by Crippen LogP contribution is 2.32. The van der Waals surface area contributed by atoms with Crippen molar-refractivity contribution in [3.8, 4) is 0 Å². The number of rotatable bonds is 6. The van der Waals surface area contributed by atoms with E-state index in [2.05, 4.69) is 20.6 Å². The second-order valence-electron chi connectivity index (χ2n) is 3.56. The zero-order valence-corrected chi connectivity index (χ0v) is 10.7. The summed E-state index contributed by atoms with van der Waals surface area (Å²) in [6.07, 6.45) is 1.41. The summed E-state index contributed by atoms with van der Waals surface area (Å²) in [6, 6.07) is 1.51. The number of aromatic nitrogens is 2. The Morgan fingerprint density at radius 2 is 2.28 bits per heavy atom. The zero-order valence-electron chi connectivity index (χ0n) is 9.84. The Morgan fingerprint density at radius 1 is 1.44 bits per heavy atom. The third-order valence-electron chi connectivity index (χ3n) is 2.34. The number of nitrogens with one attached hydrogen (secondary N) is 2. The van der Waals surface area contributed by atoms with Crippen molar-refractivity contribution in [1.29, 1.82) is 0 Å². The van der Waals surface area contributed by atoms with E-state index < -0.39 is 4.92 Å². The molecule has 0 saturated heterocycles. The van der Waals surface area contributed by atoms with Gasteiger partial charge in [0.25, 0.3) is 0 Å². The van der Waals surface area contributed by atoms with Gasteiger partial charge in [-0.2, -0.15) is 0 Å². The van der Waals surface area contributed by atoms with Crippen molar-refractivity contribution in [2.45, 2.75) is 6.92 Å². The van der Waals surface area contributed by atoms with E-state index in [0.717, 1.165) is 24.4 Å². The second-order valence-corrected chi connectivity index (χ2v) is 4.57. The van der Waals surface area contributed by atoms with Crippen LogP contribution in [0.4, 0.5) is 10.8 Å². The largest absolute Gasteiger partial charge is 0.368 e. The summed E-state index contributed by atoms with van der Waals surface area (Å²) in [5.41, 5.74) is 0. The average Bonchev–Trinajstić information content (AvgIpc) is 2.79. The molecule has 0 unspecified atom stereocenters. The fraction of sp³-hybridized carbons (Fsp3) is 0.400. The number of nitrogens with zero attached hydrogens (tertiary/aromatic N) is 3. The van der Waals surface area contributed by atoms with Gasteiger partial charge in [0, 0.05) is 19.2 Å². The van der Waals surface area contributed by atoms with Crippen molar-refractivity contribution < 1.29 is 4.92 Å². The number of hydrogen-bond donors (Lipinski definition) is 2. The third kappa shape index (κ3) is 2.71. The summed E-state index contributed by atoms with van der Waals surface area (Å²) < 4.78 is 0. The van der Waals surface area contributed by atoms with Gasteiger partial charge in [0.1, 0.15) is 17.0 Å². The minimum Gasteiger partial charge on any atom is -0.368 e. The van der Waals surface area contributed by atoms with Crippen LogP contribution >= 0.6 is 11.3 Å². The summed E-state index contributed by atoms with van der Waals surface area (Å²) >= 11 is 1.06. The van der Waals surface area contributed by atoms with Gasteiger partial charge in [0.05, 0.1) is 10.3 Å². The van der Waals surface area contributed by atoms with Crippen LogP contribution in [0, 0.1) is 10.1 Å². The first-order chi connectivity index (χ1) is 8.72. The van der Waals surface area contributed by atoms with Gasteiger partial charge in [-0.25, -0.2) is 9.97 Å². The van der Waals surface area contributed by atoms with E-state index in [9.17, 15) is 10.1 Å². The summed E-state index contributed by atoms with van der Waals surface area (Å²) in [6.45, 7) is 4.47. The molecule has 0 aliphatic rings. The highest BCUT2D eigenvalue weighted by Gasteiger charge is 2.15. The van der Waals surface area contributed by atoms with Crippen molar-refractivity contribution >= 4 is 32.4 Å². The van der Waals surface area contributed by atoms with Crippen molar-refractivity contribution in [3.05, 3.63) is 22.5 Å². The molecule has 0 fully saturated rings. The number of thiophene rings is 1. The third-order valence-corrected chi connectivity index (χ3v) is 3.34. The normalized spacial score (nSPS) is 10.7. The van der Waals surface area contributed by atoms with Gasteiger partial charge in [-0.05, 0) is 17.9 Å². The fourth-order valence-corrected chi connectivity index (χ4v) is 2.33. The molecule has 0 aromatic carbocycles. The first-order valence-electron chi connectivity index (χ1n) is 5.56. The molecule has 2 heterocycles. The molecule has 7 nitrogen and oxygen atoms in total. The van der Waals surface area contributed by atoms with Gasteiger partial charge in [-0.1, -0.05) is 6.92 Å². The molecule has 2 N–H and O–H groups in total. The standard InChI is InChI=1S/C10H13N5O2S/c1-2-11-3-4-12-9-7-5-8(15(16)17)18-10(7)14-6-13-9/h5-6,11H,2-4H2,1H3,(H,12,13,14). The lowest BCUT2D eigenvalue weighted by Gasteiger charge is -2.05. The molecule has 8 heteroatoms. The Bertz CT molecular complexity index is 556. The lowest BCUT2D eigenvalue weighted by atomic mass is 10.3. The number of hydrogen-bond acceptors (Lipinski definition) is 7. The topological polar surface area (TPSA) is 93.0 Å². The predicted octanol–water partition coefficient (Wildman–Crippen LogP) is 1.62. The van der Waals surface area contributed by atoms with E-state index in [1.165, 1.54) is 12.4 Å². The lowest BCUT2D eigenvalue weighted by molar-refractivity contribution is -0.380. The van der Waals surface area contributed by atoms with Crippen LogP contribution in [0.25, 0.3) is 10.2 Å². The van der Waals surface area contributed by atoms with E-state index in [0.29, 0.717) is 22.6 Å². The first-order valence-corrected chi connectivity index (χ1v) is 6.37. The molecule has 0 atom stereocenters. The van der Waals surface area contributed by atoms with Gasteiger partial charge in [0.15, 0.2) is 0 Å². The molecule has 18 heavy (non-hydrogen) atoms. The van der Waals surface area contributed by atoms with Gasteiger partial charge in [-0.15, -0.1) is 0 Å². The quantitative estimate of drug-likeness (QED) is 0.469. The molecule has 0 aliphatic heterocycles. The summed E-state index contributed by atoms with van der Waals surface area (Å²) in [5.74, 6) is 0.641. The van der Waals surface area contributed by atoms with Crippen LogP contribution in [-0.4, -0.2) is 34.5 Å². The van der Waals surface area contributed by atoms with E-state index in [1.54, 1.807) is 0 Å². The maximum Gasteiger partial charge on any atom is 0.326 e. The highest BCUT2D eigenvalue weighted by atomic mass is 32.1. The van der Waals surface area contributed by atoms with Gasteiger partial charge >= 0.3 is 5.00 Å². The van der Waals surface area contributed by atoms with E-state index >= 15 is 0 Å². The van der Waals surface area contributed by atoms with Crippen molar-refractivity contribution in [3.63, 3.8) is 0 Å². The van der Waals surface area contributed by atoms with Crippen LogP contribution in [0.1, 0.15) is 6.92 Å². The Labute approximate surface area is 107 Å². The summed E-state index contributed by atoms with van der Waals surface area (Å²) in [5, 5.41) is 17.8. The Balaban J connectivity index is 2.19. The second kappa shape index (κ2) is 5.69. The van der Waals surface area contributed by atoms with Gasteiger partial charge in [-0.3, -0.25) is 10.1 Å². The predicted molar refractivity (Wildman–Crippen MR) is 71.1 cm³/mol. The number of likely N-dealkylation sites (N-methyl/N-ethyl adjacent to an activating group) is 1. The zero-order chi connectivity index (χ0) is 13.0. The molecule has 2 aromatic rings. The van der Waals surface area contributed by atoms with Crippen LogP contribution in [0.2, 0.25) is 0 Å². The molecule has 0 aliphatic carbocycles. The number of anilines is 1. The van der Waals surface area contributed by atoms with Crippen molar-refractivity contribution in [1.82, 2.24) is 15.3 Å². The average molecular weight is 267 g/mol. The molecule has 0 bridgehead atoms. The van der Waals surface area contributed by atoms with Crippen LogP contribution in [-0.2, 0) is 0 Å². The molecular weight excluding hydrogens is 254 g/mol. The monoisotopic (exact) mass is 267 g/mol. The SMILES string of the molecule is CCNCCNc1ncnc2sc([N+](=O)[O-])cc12. The Morgan fingerprint density at radius 3 is 3.00 bits per heavy atom. The number of nitro groups is 1. The van der Waals surface area contributed by atoms with E-state index in [1.807, 2.05) is 6.92 Å². The molecule has 2 rings (SSSR count). The molecule has 0 saturated carbocycles. The van der Waals surface area contributed by atoms with Crippen LogP contribution < -0.4 is 10.6 Å². The van der Waals surface area contributed by atoms with Gasteiger partial charge in [0.2, 0.25) is 0 Å². The van der Waals surface area contributed by atoms with Crippen molar-refractivity contribution in [2.75, 3.05) is 25.0 Å². The van der Waals surface area contributed by atoms with Crippen LogP contribution in [0.5, 0.6) is 0 Å². The van der Waals surface area contributed by atoms with Crippen molar-refractivity contribution in [2.24, 2.45) is 0 Å². The Kier molecular flexibility index (Phi) is 4.00. The molecule has 0 spiro atoms. The fourth-order valence-electron chi connectivity index (χ4n) is 1.52. The molecule has 0 amide bonds. The summed E-state index contributed by atoms with van der Waals surface area (Å²) in [4.78, 5) is 19.1. The minimum atomic E-state index is -0.408. The molecule has 96 valence electrons. The number of fused-ring (bicyclic) bond motifs is 1. The maximum absolute atomic E-state index is 10.7. The van der Waals surface area contributed by atoms with Crippen LogP contribution in [0.3, 0.4) is 0 Å². The van der Waals surface area contributed by atoms with E-state index in [4.69, 9.17) is 0 Å². The molecular formula is C10H13N5O2S. The Hall–Kier alpha value is -1.80. The smallest absolute Gasteiger partial charge is 0.326 e. The minimum absolute atomic E-state index is 0.0835. The lowest BCUT2D eigenvalue weighted by Crippen LogP contribution is -2.21.